The van der Waals surface area contributed by atoms with Crippen molar-refractivity contribution in [3.8, 4) is 12.3 Å². The quantitative estimate of drug-likeness (QED) is 0.611. The SMILES string of the molecule is C#CCNC(=O)C(C)N(CCO)C(CC)CC. The van der Waals surface area contributed by atoms with Crippen LogP contribution in [-0.2, 0) is 4.79 Å². The lowest BCUT2D eigenvalue weighted by atomic mass is 10.1. The third-order valence-corrected chi connectivity index (χ3v) is 3.01. The molecule has 0 saturated heterocycles. The van der Waals surface area contributed by atoms with Gasteiger partial charge in [0, 0.05) is 12.6 Å². The van der Waals surface area contributed by atoms with Gasteiger partial charge in [0.2, 0.25) is 5.91 Å². The van der Waals surface area contributed by atoms with Gasteiger partial charge in [-0.15, -0.1) is 6.42 Å². The molecule has 0 radical (unpaired) electrons. The molecule has 1 atom stereocenters. The molecule has 0 aliphatic heterocycles. The third-order valence-electron chi connectivity index (χ3n) is 3.01. The fourth-order valence-corrected chi connectivity index (χ4v) is 2.00. The van der Waals surface area contributed by atoms with Gasteiger partial charge in [-0.3, -0.25) is 9.69 Å². The van der Waals surface area contributed by atoms with Crippen molar-refractivity contribution in [2.75, 3.05) is 19.7 Å². The van der Waals surface area contributed by atoms with Crippen LogP contribution in [0.3, 0.4) is 0 Å². The molecule has 0 saturated carbocycles. The minimum atomic E-state index is -0.264. The fourth-order valence-electron chi connectivity index (χ4n) is 2.00. The molecule has 1 unspecified atom stereocenters. The summed E-state index contributed by atoms with van der Waals surface area (Å²) < 4.78 is 0. The third kappa shape index (κ3) is 5.20. The first-order chi connectivity index (χ1) is 8.12. The number of carbonyl (C=O) groups excluding carboxylic acids is 1. The molecule has 0 rings (SSSR count). The minimum Gasteiger partial charge on any atom is -0.395 e. The van der Waals surface area contributed by atoms with Gasteiger partial charge in [-0.2, -0.15) is 0 Å². The molecule has 4 heteroatoms. The van der Waals surface area contributed by atoms with E-state index in [-0.39, 0.29) is 25.1 Å². The first-order valence-corrected chi connectivity index (χ1v) is 6.20. The number of carbonyl (C=O) groups is 1. The van der Waals surface area contributed by atoms with E-state index in [0.717, 1.165) is 12.8 Å². The van der Waals surface area contributed by atoms with Crippen LogP contribution in [0, 0.1) is 12.3 Å². The Labute approximate surface area is 104 Å². The predicted octanol–water partition coefficient (Wildman–Crippen LogP) is 0.607. The van der Waals surface area contributed by atoms with Crippen LogP contribution in [-0.4, -0.2) is 47.7 Å². The molecule has 1 amide bonds. The van der Waals surface area contributed by atoms with Crippen molar-refractivity contribution in [1.82, 2.24) is 10.2 Å². The number of nitrogens with one attached hydrogen (secondary N) is 1. The van der Waals surface area contributed by atoms with Crippen molar-refractivity contribution in [2.45, 2.75) is 45.7 Å². The van der Waals surface area contributed by atoms with Crippen molar-refractivity contribution < 1.29 is 9.90 Å². The first kappa shape index (κ1) is 16.0. The number of amides is 1. The molecule has 0 aliphatic carbocycles. The standard InChI is InChI=1S/C13H24N2O2/c1-5-8-14-13(17)11(4)15(9-10-16)12(6-2)7-3/h1,11-12,16H,6-10H2,2-4H3,(H,14,17). The summed E-state index contributed by atoms with van der Waals surface area (Å²) >= 11 is 0. The van der Waals surface area contributed by atoms with Gasteiger partial charge in [-0.1, -0.05) is 19.8 Å². The lowest BCUT2D eigenvalue weighted by Gasteiger charge is -2.34. The summed E-state index contributed by atoms with van der Waals surface area (Å²) in [5, 5.41) is 11.8. The Morgan fingerprint density at radius 2 is 2.06 bits per heavy atom. The lowest BCUT2D eigenvalue weighted by molar-refractivity contribution is -0.126. The highest BCUT2D eigenvalue weighted by Crippen LogP contribution is 2.12. The average molecular weight is 240 g/mol. The Bertz CT molecular complexity index is 257. The first-order valence-electron chi connectivity index (χ1n) is 6.20. The molecule has 0 aliphatic rings. The molecule has 0 bridgehead atoms. The highest BCUT2D eigenvalue weighted by molar-refractivity contribution is 5.81. The smallest absolute Gasteiger partial charge is 0.237 e. The monoisotopic (exact) mass is 240 g/mol. The van der Waals surface area contributed by atoms with Crippen molar-refractivity contribution in [3.05, 3.63) is 0 Å². The second kappa shape index (κ2) is 9.03. The lowest BCUT2D eigenvalue weighted by Crippen LogP contribution is -2.50. The summed E-state index contributed by atoms with van der Waals surface area (Å²) in [6.07, 6.45) is 7.03. The second-order valence-corrected chi connectivity index (χ2v) is 4.03. The van der Waals surface area contributed by atoms with Crippen LogP contribution in [0.15, 0.2) is 0 Å². The van der Waals surface area contributed by atoms with Crippen LogP contribution < -0.4 is 5.32 Å². The number of hydrogen-bond donors (Lipinski definition) is 2. The summed E-state index contributed by atoms with van der Waals surface area (Å²) in [7, 11) is 0. The Morgan fingerprint density at radius 3 is 2.47 bits per heavy atom. The van der Waals surface area contributed by atoms with Gasteiger partial charge in [0.05, 0.1) is 19.2 Å². The molecule has 4 nitrogen and oxygen atoms in total. The van der Waals surface area contributed by atoms with Crippen molar-refractivity contribution >= 4 is 5.91 Å². The Balaban J connectivity index is 4.57. The zero-order valence-electron chi connectivity index (χ0n) is 11.1. The zero-order chi connectivity index (χ0) is 13.3. The largest absolute Gasteiger partial charge is 0.395 e. The highest BCUT2D eigenvalue weighted by Gasteiger charge is 2.25. The van der Waals surface area contributed by atoms with E-state index in [1.54, 1.807) is 0 Å². The van der Waals surface area contributed by atoms with Crippen molar-refractivity contribution in [2.24, 2.45) is 0 Å². The Kier molecular flexibility index (Phi) is 8.47. The van der Waals surface area contributed by atoms with E-state index in [1.165, 1.54) is 0 Å². The van der Waals surface area contributed by atoms with Crippen LogP contribution in [0.4, 0.5) is 0 Å². The molecule has 0 spiro atoms. The van der Waals surface area contributed by atoms with E-state index >= 15 is 0 Å². The number of terminal acetylenes is 1. The second-order valence-electron chi connectivity index (χ2n) is 4.03. The normalized spacial score (nSPS) is 12.5. The summed E-state index contributed by atoms with van der Waals surface area (Å²) in [6, 6.07) is 0.0501. The van der Waals surface area contributed by atoms with Crippen LogP contribution in [0.5, 0.6) is 0 Å². The minimum absolute atomic E-state index is 0.0588. The van der Waals surface area contributed by atoms with Crippen LogP contribution in [0.1, 0.15) is 33.6 Å². The summed E-state index contributed by atoms with van der Waals surface area (Å²) in [5.41, 5.74) is 0. The van der Waals surface area contributed by atoms with Gasteiger partial charge in [0.15, 0.2) is 0 Å². The molecule has 0 aromatic heterocycles. The molecular weight excluding hydrogens is 216 g/mol. The highest BCUT2D eigenvalue weighted by atomic mass is 16.3. The Morgan fingerprint density at radius 1 is 1.47 bits per heavy atom. The van der Waals surface area contributed by atoms with Gasteiger partial charge in [0.1, 0.15) is 0 Å². The number of rotatable bonds is 8. The molecule has 2 N–H and O–H groups in total. The van der Waals surface area contributed by atoms with Crippen LogP contribution in [0.2, 0.25) is 0 Å². The van der Waals surface area contributed by atoms with Gasteiger partial charge in [0.25, 0.3) is 0 Å². The number of nitrogens with zero attached hydrogens (tertiary/aromatic N) is 1. The van der Waals surface area contributed by atoms with E-state index in [1.807, 2.05) is 11.8 Å². The van der Waals surface area contributed by atoms with E-state index < -0.39 is 0 Å². The molecule has 98 valence electrons. The number of aliphatic hydroxyl groups excluding tert-OH is 1. The number of hydrogen-bond acceptors (Lipinski definition) is 3. The fraction of sp³-hybridized carbons (Fsp3) is 0.769. The maximum atomic E-state index is 11.8. The summed E-state index contributed by atoms with van der Waals surface area (Å²) in [4.78, 5) is 13.9. The molecule has 0 fully saturated rings. The van der Waals surface area contributed by atoms with E-state index in [4.69, 9.17) is 11.5 Å². The van der Waals surface area contributed by atoms with Crippen LogP contribution >= 0.6 is 0 Å². The maximum Gasteiger partial charge on any atom is 0.237 e. The summed E-state index contributed by atoms with van der Waals surface area (Å²) in [6.45, 7) is 6.84. The topological polar surface area (TPSA) is 52.6 Å². The van der Waals surface area contributed by atoms with Crippen molar-refractivity contribution in [3.63, 3.8) is 0 Å². The summed E-state index contributed by atoms with van der Waals surface area (Å²) in [5.74, 6) is 2.30. The van der Waals surface area contributed by atoms with Gasteiger partial charge < -0.3 is 10.4 Å². The number of aliphatic hydroxyl groups is 1. The predicted molar refractivity (Wildman–Crippen MR) is 69.5 cm³/mol. The maximum absolute atomic E-state index is 11.8. The van der Waals surface area contributed by atoms with Crippen molar-refractivity contribution in [1.29, 1.82) is 0 Å². The van der Waals surface area contributed by atoms with Gasteiger partial charge >= 0.3 is 0 Å². The molecule has 0 aromatic carbocycles. The van der Waals surface area contributed by atoms with E-state index in [2.05, 4.69) is 25.1 Å². The molecule has 0 heterocycles. The van der Waals surface area contributed by atoms with Gasteiger partial charge in [-0.25, -0.2) is 0 Å². The van der Waals surface area contributed by atoms with E-state index in [0.29, 0.717) is 12.6 Å². The molecule has 0 aromatic rings. The Hall–Kier alpha value is -1.05. The van der Waals surface area contributed by atoms with Crippen LogP contribution in [0.25, 0.3) is 0 Å². The van der Waals surface area contributed by atoms with Gasteiger partial charge in [-0.05, 0) is 19.8 Å². The molecule has 17 heavy (non-hydrogen) atoms. The molecular formula is C13H24N2O2. The average Bonchev–Trinajstić information content (AvgIpc) is 2.35. The van der Waals surface area contributed by atoms with E-state index in [9.17, 15) is 4.79 Å². The zero-order valence-corrected chi connectivity index (χ0v) is 11.1.